The summed E-state index contributed by atoms with van der Waals surface area (Å²) in [7, 11) is -3.83. The minimum Gasteiger partial charge on any atom is -0.481 e. The van der Waals surface area contributed by atoms with Gasteiger partial charge in [0, 0.05) is 24.6 Å². The number of ether oxygens (including phenoxy) is 2. The molecule has 0 aliphatic heterocycles. The molecule has 3 N–H and O–H groups in total. The Morgan fingerprint density at radius 2 is 2.07 bits per heavy atom. The molecule has 0 aromatic carbocycles. The number of anilines is 1. The first-order valence-corrected chi connectivity index (χ1v) is 11.0. The van der Waals surface area contributed by atoms with E-state index in [0.717, 1.165) is 0 Å². The predicted molar refractivity (Wildman–Crippen MR) is 107 cm³/mol. The molecule has 2 heterocycles. The number of rotatable bonds is 15. The highest BCUT2D eigenvalue weighted by Gasteiger charge is 2.26. The average molecular weight is 444 g/mol. The molecule has 2 rings (SSSR count). The highest BCUT2D eigenvalue weighted by molar-refractivity contribution is 7.57. The van der Waals surface area contributed by atoms with Crippen molar-refractivity contribution >= 4 is 30.5 Å². The van der Waals surface area contributed by atoms with Crippen LogP contribution in [0.1, 0.15) is 26.2 Å². The average Bonchev–Trinajstić information content (AvgIpc) is 3.12. The number of nitrogens with zero attached hydrogens (tertiary/aromatic N) is 5. The van der Waals surface area contributed by atoms with E-state index in [4.69, 9.17) is 24.8 Å². The molecule has 0 saturated heterocycles. The molecule has 14 heteroatoms. The van der Waals surface area contributed by atoms with Crippen molar-refractivity contribution in [2.45, 2.75) is 38.8 Å². The van der Waals surface area contributed by atoms with Crippen molar-refractivity contribution in [2.24, 2.45) is 4.95 Å². The van der Waals surface area contributed by atoms with Crippen LogP contribution < -0.4 is 5.73 Å². The quantitative estimate of drug-likeness (QED) is 0.233. The molecule has 0 bridgehead atoms. The first-order valence-electron chi connectivity index (χ1n) is 9.25. The van der Waals surface area contributed by atoms with Crippen LogP contribution in [0.5, 0.6) is 0 Å². The van der Waals surface area contributed by atoms with Crippen molar-refractivity contribution in [3.8, 4) is 0 Å². The third-order valence-electron chi connectivity index (χ3n) is 3.94. The van der Waals surface area contributed by atoms with Crippen molar-refractivity contribution in [2.75, 3.05) is 31.9 Å². The van der Waals surface area contributed by atoms with E-state index in [2.05, 4.69) is 19.9 Å². The molecule has 0 radical (unpaired) electrons. The van der Waals surface area contributed by atoms with Gasteiger partial charge in [-0.05, 0) is 19.8 Å². The molecule has 2 atom stereocenters. The minimum atomic E-state index is -3.83. The monoisotopic (exact) mass is 444 g/mol. The van der Waals surface area contributed by atoms with Gasteiger partial charge in [-0.25, -0.2) is 15.0 Å². The largest absolute Gasteiger partial charge is 0.481 e. The fraction of sp³-hybridized carbons (Fsp3) is 0.625. The number of carbonyl (C=O) groups is 1. The second-order valence-corrected chi connectivity index (χ2v) is 8.40. The van der Waals surface area contributed by atoms with Gasteiger partial charge in [-0.1, -0.05) is 0 Å². The Morgan fingerprint density at radius 1 is 1.30 bits per heavy atom. The molecule has 166 valence electrons. The topological polar surface area (TPSA) is 181 Å². The highest BCUT2D eigenvalue weighted by atomic mass is 31.2. The van der Waals surface area contributed by atoms with E-state index in [1.54, 1.807) is 17.8 Å². The summed E-state index contributed by atoms with van der Waals surface area (Å²) in [5.41, 5.74) is 6.75. The van der Waals surface area contributed by atoms with Crippen LogP contribution in [0.3, 0.4) is 0 Å². The van der Waals surface area contributed by atoms with Crippen LogP contribution in [-0.2, 0) is 29.9 Å². The van der Waals surface area contributed by atoms with Crippen LogP contribution in [0.25, 0.3) is 11.2 Å². The van der Waals surface area contributed by atoms with E-state index in [-0.39, 0.29) is 25.5 Å². The van der Waals surface area contributed by atoms with E-state index in [9.17, 15) is 14.3 Å². The molecular weight excluding hydrogens is 419 g/mol. The van der Waals surface area contributed by atoms with Crippen molar-refractivity contribution in [3.63, 3.8) is 0 Å². The summed E-state index contributed by atoms with van der Waals surface area (Å²) in [6.45, 7) is 2.65. The van der Waals surface area contributed by atoms with E-state index in [1.165, 1.54) is 6.33 Å². The molecule has 0 amide bonds. The van der Waals surface area contributed by atoms with Gasteiger partial charge in [-0.2, -0.15) is 0 Å². The van der Waals surface area contributed by atoms with Gasteiger partial charge < -0.3 is 29.4 Å². The number of aromatic nitrogens is 4. The van der Waals surface area contributed by atoms with Crippen molar-refractivity contribution in [1.29, 1.82) is 0 Å². The molecule has 13 nitrogen and oxygen atoms in total. The SMILES string of the molecule is CC(Cn1cnc2c(N)ncnc21)OCP(=O)(N=O)OCCCOCCCC(=O)O. The van der Waals surface area contributed by atoms with Gasteiger partial charge in [-0.3, -0.25) is 9.36 Å². The summed E-state index contributed by atoms with van der Waals surface area (Å²) in [4.78, 5) is 36.1. The number of hydrogen-bond acceptors (Lipinski definition) is 10. The first kappa shape index (κ1) is 23.8. The van der Waals surface area contributed by atoms with Crippen LogP contribution in [0.2, 0.25) is 0 Å². The summed E-state index contributed by atoms with van der Waals surface area (Å²) < 4.78 is 29.9. The summed E-state index contributed by atoms with van der Waals surface area (Å²) in [5, 5.41) is 8.52. The van der Waals surface area contributed by atoms with Gasteiger partial charge in [0.15, 0.2) is 11.5 Å². The third kappa shape index (κ3) is 7.41. The van der Waals surface area contributed by atoms with Crippen LogP contribution in [0.15, 0.2) is 17.6 Å². The molecule has 0 fully saturated rings. The molecule has 2 unspecified atom stereocenters. The Hall–Kier alpha value is -2.47. The second-order valence-electron chi connectivity index (χ2n) is 6.45. The Bertz CT molecular complexity index is 892. The number of nitrogen functional groups attached to an aromatic ring is 1. The summed E-state index contributed by atoms with van der Waals surface area (Å²) in [6.07, 6.45) is 2.79. The Labute approximate surface area is 172 Å². The highest BCUT2D eigenvalue weighted by Crippen LogP contribution is 2.48. The Morgan fingerprint density at radius 3 is 2.80 bits per heavy atom. The zero-order valence-electron chi connectivity index (χ0n) is 16.5. The van der Waals surface area contributed by atoms with Gasteiger partial charge in [0.25, 0.3) is 0 Å². The zero-order chi connectivity index (χ0) is 22.0. The number of nitrogens with two attached hydrogens (primary N) is 1. The standard InChI is InChI=1S/C16H25N6O7P/c1-12(8-22-10-20-14-15(17)18-9-19-16(14)22)28-11-30(26,21-25)29-7-3-6-27-5-2-4-13(23)24/h9-10,12H,2-8,11H2,1H3,(H,23,24)(H2,17,18,19). The smallest absolute Gasteiger partial charge is 0.377 e. The van der Waals surface area contributed by atoms with Crippen LogP contribution in [-0.4, -0.2) is 62.9 Å². The lowest BCUT2D eigenvalue weighted by atomic mass is 10.3. The van der Waals surface area contributed by atoms with Gasteiger partial charge in [-0.15, -0.1) is 4.91 Å². The van der Waals surface area contributed by atoms with Gasteiger partial charge in [0.1, 0.15) is 18.2 Å². The third-order valence-corrected chi connectivity index (χ3v) is 5.25. The van der Waals surface area contributed by atoms with Crippen LogP contribution >= 0.6 is 7.52 Å². The number of nitroso groups, excluding NO2 is 1. The van der Waals surface area contributed by atoms with E-state index < -0.39 is 25.9 Å². The second kappa shape index (κ2) is 11.6. The molecule has 2 aromatic heterocycles. The molecule has 0 aliphatic rings. The van der Waals surface area contributed by atoms with Crippen molar-refractivity contribution in [1.82, 2.24) is 19.5 Å². The van der Waals surface area contributed by atoms with E-state index >= 15 is 0 Å². The molecule has 30 heavy (non-hydrogen) atoms. The Kier molecular flexibility index (Phi) is 9.24. The zero-order valence-corrected chi connectivity index (χ0v) is 17.4. The molecule has 2 aromatic rings. The Balaban J connectivity index is 1.71. The normalized spacial score (nSPS) is 14.4. The molecule has 0 spiro atoms. The van der Waals surface area contributed by atoms with Gasteiger partial charge in [0.05, 0.1) is 25.6 Å². The maximum atomic E-state index is 12.4. The minimum absolute atomic E-state index is 0.00203. The summed E-state index contributed by atoms with van der Waals surface area (Å²) >= 11 is 0. The molecule has 0 saturated carbocycles. The summed E-state index contributed by atoms with van der Waals surface area (Å²) in [6, 6.07) is 0. The van der Waals surface area contributed by atoms with Crippen LogP contribution in [0.4, 0.5) is 5.82 Å². The van der Waals surface area contributed by atoms with Gasteiger partial charge in [0.2, 0.25) is 0 Å². The maximum Gasteiger partial charge on any atom is 0.377 e. The van der Waals surface area contributed by atoms with Crippen LogP contribution in [0, 0.1) is 4.91 Å². The number of hydrogen-bond donors (Lipinski definition) is 2. The first-order chi connectivity index (χ1) is 14.3. The number of aliphatic carboxylic acids is 1. The number of carboxylic acid groups (broad SMARTS) is 1. The molecule has 0 aliphatic carbocycles. The molecular formula is C16H25N6O7P. The van der Waals surface area contributed by atoms with E-state index in [1.807, 2.05) is 0 Å². The lowest BCUT2D eigenvalue weighted by Gasteiger charge is -2.16. The lowest BCUT2D eigenvalue weighted by molar-refractivity contribution is -0.137. The van der Waals surface area contributed by atoms with Crippen molar-refractivity contribution in [3.05, 3.63) is 17.6 Å². The number of imidazole rings is 1. The fourth-order valence-electron chi connectivity index (χ4n) is 2.46. The fourth-order valence-corrected chi connectivity index (χ4v) is 3.49. The van der Waals surface area contributed by atoms with E-state index in [0.29, 0.717) is 37.2 Å². The summed E-state index contributed by atoms with van der Waals surface area (Å²) in [5.74, 6) is -0.617. The number of fused-ring (bicyclic) bond motifs is 1. The van der Waals surface area contributed by atoms with Crippen molar-refractivity contribution < 1.29 is 28.5 Å². The maximum absolute atomic E-state index is 12.4. The van der Waals surface area contributed by atoms with Gasteiger partial charge >= 0.3 is 13.5 Å². The predicted octanol–water partition coefficient (Wildman–Crippen LogP) is 2.02. The lowest BCUT2D eigenvalue weighted by Crippen LogP contribution is -2.17. The number of carboxylic acids is 1.